The third-order valence-electron chi connectivity index (χ3n) is 3.10. The summed E-state index contributed by atoms with van der Waals surface area (Å²) in [7, 11) is 3.25. The Bertz CT molecular complexity index is 443. The molecule has 1 amide bonds. The van der Waals surface area contributed by atoms with Gasteiger partial charge in [0.2, 0.25) is 5.91 Å². The van der Waals surface area contributed by atoms with Gasteiger partial charge in [-0.1, -0.05) is 0 Å². The number of aryl methyl sites for hydroxylation is 1. The van der Waals surface area contributed by atoms with Crippen LogP contribution in [0.3, 0.4) is 0 Å². The first-order valence-corrected chi connectivity index (χ1v) is 5.67. The summed E-state index contributed by atoms with van der Waals surface area (Å²) < 4.78 is 10.5. The predicted octanol–water partition coefficient (Wildman–Crippen LogP) is 1.83. The van der Waals surface area contributed by atoms with Crippen LogP contribution in [0.5, 0.6) is 11.5 Å². The lowest BCUT2D eigenvalue weighted by atomic mass is 10.1. The number of ether oxygens (including phenoxy) is 2. The Morgan fingerprint density at radius 1 is 1.29 bits per heavy atom. The van der Waals surface area contributed by atoms with Crippen LogP contribution in [-0.2, 0) is 11.2 Å². The Kier molecular flexibility index (Phi) is 3.22. The van der Waals surface area contributed by atoms with Crippen molar-refractivity contribution < 1.29 is 14.3 Å². The lowest BCUT2D eigenvalue weighted by Crippen LogP contribution is -2.24. The summed E-state index contributed by atoms with van der Waals surface area (Å²) in [5.41, 5.74) is 2.36. The van der Waals surface area contributed by atoms with Crippen LogP contribution in [-0.4, -0.2) is 20.1 Å². The summed E-state index contributed by atoms with van der Waals surface area (Å²) in [5.74, 6) is 1.45. The molecule has 1 aromatic rings. The monoisotopic (exact) mass is 235 g/mol. The van der Waals surface area contributed by atoms with Crippen molar-refractivity contribution in [1.82, 2.24) is 5.32 Å². The molecule has 0 spiro atoms. The Labute approximate surface area is 101 Å². The van der Waals surface area contributed by atoms with Crippen LogP contribution in [0.4, 0.5) is 0 Å². The van der Waals surface area contributed by atoms with Crippen molar-refractivity contribution in [2.45, 2.75) is 25.8 Å². The summed E-state index contributed by atoms with van der Waals surface area (Å²) in [5, 5.41) is 2.95. The van der Waals surface area contributed by atoms with Gasteiger partial charge in [0.25, 0.3) is 0 Å². The number of hydrogen-bond acceptors (Lipinski definition) is 3. The summed E-state index contributed by atoms with van der Waals surface area (Å²) in [6.45, 7) is 1.54. The van der Waals surface area contributed by atoms with Gasteiger partial charge in [0.1, 0.15) is 0 Å². The van der Waals surface area contributed by atoms with Gasteiger partial charge in [-0.3, -0.25) is 4.79 Å². The van der Waals surface area contributed by atoms with Gasteiger partial charge in [-0.15, -0.1) is 0 Å². The predicted molar refractivity (Wildman–Crippen MR) is 64.4 cm³/mol. The second-order valence-corrected chi connectivity index (χ2v) is 4.20. The van der Waals surface area contributed by atoms with E-state index in [-0.39, 0.29) is 11.9 Å². The average Bonchev–Trinajstić information content (AvgIpc) is 2.69. The fourth-order valence-electron chi connectivity index (χ4n) is 2.33. The molecule has 17 heavy (non-hydrogen) atoms. The SMILES string of the molecule is COc1cc2c(cc1OC)C(NC(C)=O)CC2. The first kappa shape index (κ1) is 11.8. The Balaban J connectivity index is 2.35. The summed E-state index contributed by atoms with van der Waals surface area (Å²) in [4.78, 5) is 11.1. The second kappa shape index (κ2) is 4.65. The molecule has 1 atom stereocenters. The number of carbonyl (C=O) groups excluding carboxylic acids is 1. The zero-order valence-corrected chi connectivity index (χ0v) is 10.4. The van der Waals surface area contributed by atoms with Gasteiger partial charge in [-0.05, 0) is 36.1 Å². The molecule has 0 aromatic heterocycles. The molecule has 4 nitrogen and oxygen atoms in total. The van der Waals surface area contributed by atoms with Crippen LogP contribution in [0, 0.1) is 0 Å². The minimum atomic E-state index is -0.00219. The number of hydrogen-bond donors (Lipinski definition) is 1. The molecule has 1 N–H and O–H groups in total. The minimum absolute atomic E-state index is 0.00219. The van der Waals surface area contributed by atoms with Gasteiger partial charge in [0.05, 0.1) is 20.3 Å². The van der Waals surface area contributed by atoms with Crippen LogP contribution in [0.15, 0.2) is 12.1 Å². The van der Waals surface area contributed by atoms with Gasteiger partial charge in [0, 0.05) is 6.92 Å². The van der Waals surface area contributed by atoms with Crippen LogP contribution in [0.2, 0.25) is 0 Å². The highest BCUT2D eigenvalue weighted by Gasteiger charge is 2.25. The maximum Gasteiger partial charge on any atom is 0.217 e. The fourth-order valence-corrected chi connectivity index (χ4v) is 2.33. The second-order valence-electron chi connectivity index (χ2n) is 4.20. The number of rotatable bonds is 3. The van der Waals surface area contributed by atoms with Crippen molar-refractivity contribution in [2.75, 3.05) is 14.2 Å². The van der Waals surface area contributed by atoms with Crippen LogP contribution >= 0.6 is 0 Å². The van der Waals surface area contributed by atoms with E-state index < -0.39 is 0 Å². The van der Waals surface area contributed by atoms with Gasteiger partial charge < -0.3 is 14.8 Å². The van der Waals surface area contributed by atoms with E-state index in [2.05, 4.69) is 5.32 Å². The molecule has 0 radical (unpaired) electrons. The number of fused-ring (bicyclic) bond motifs is 1. The number of amides is 1. The van der Waals surface area contributed by atoms with E-state index in [1.807, 2.05) is 12.1 Å². The van der Waals surface area contributed by atoms with E-state index in [1.54, 1.807) is 21.1 Å². The van der Waals surface area contributed by atoms with E-state index in [9.17, 15) is 4.79 Å². The third kappa shape index (κ3) is 2.20. The summed E-state index contributed by atoms with van der Waals surface area (Å²) >= 11 is 0. The fraction of sp³-hybridized carbons (Fsp3) is 0.462. The smallest absolute Gasteiger partial charge is 0.217 e. The van der Waals surface area contributed by atoms with Crippen LogP contribution < -0.4 is 14.8 Å². The zero-order chi connectivity index (χ0) is 12.4. The molecule has 2 rings (SSSR count). The molecule has 1 aromatic carbocycles. The molecule has 4 heteroatoms. The van der Waals surface area contributed by atoms with Crippen molar-refractivity contribution in [3.05, 3.63) is 23.3 Å². The minimum Gasteiger partial charge on any atom is -0.493 e. The van der Waals surface area contributed by atoms with Crippen molar-refractivity contribution in [3.63, 3.8) is 0 Å². The first-order valence-electron chi connectivity index (χ1n) is 5.67. The van der Waals surface area contributed by atoms with Gasteiger partial charge in [-0.2, -0.15) is 0 Å². The Morgan fingerprint density at radius 3 is 2.53 bits per heavy atom. The molecule has 0 bridgehead atoms. The topological polar surface area (TPSA) is 47.6 Å². The zero-order valence-electron chi connectivity index (χ0n) is 10.4. The lowest BCUT2D eigenvalue weighted by molar-refractivity contribution is -0.119. The van der Waals surface area contributed by atoms with Crippen molar-refractivity contribution in [1.29, 1.82) is 0 Å². The summed E-state index contributed by atoms with van der Waals surface area (Å²) in [6, 6.07) is 4.06. The van der Waals surface area contributed by atoms with E-state index in [0.29, 0.717) is 5.75 Å². The van der Waals surface area contributed by atoms with E-state index in [1.165, 1.54) is 5.56 Å². The number of carbonyl (C=O) groups is 1. The highest BCUT2D eigenvalue weighted by atomic mass is 16.5. The average molecular weight is 235 g/mol. The first-order chi connectivity index (χ1) is 8.15. The standard InChI is InChI=1S/C13H17NO3/c1-8(15)14-11-5-4-9-6-12(16-2)13(17-3)7-10(9)11/h6-7,11H,4-5H2,1-3H3,(H,14,15). The van der Waals surface area contributed by atoms with E-state index >= 15 is 0 Å². The van der Waals surface area contributed by atoms with E-state index in [4.69, 9.17) is 9.47 Å². The highest BCUT2D eigenvalue weighted by molar-refractivity contribution is 5.73. The number of nitrogens with one attached hydrogen (secondary N) is 1. The molecule has 92 valence electrons. The van der Waals surface area contributed by atoms with Gasteiger partial charge >= 0.3 is 0 Å². The molecule has 0 aliphatic heterocycles. The maximum absolute atomic E-state index is 11.1. The molecular formula is C13H17NO3. The maximum atomic E-state index is 11.1. The number of benzene rings is 1. The molecule has 1 aliphatic rings. The molecule has 0 saturated heterocycles. The Morgan fingerprint density at radius 2 is 1.94 bits per heavy atom. The normalized spacial score (nSPS) is 17.5. The van der Waals surface area contributed by atoms with Crippen LogP contribution in [0.25, 0.3) is 0 Å². The molecule has 1 unspecified atom stereocenters. The van der Waals surface area contributed by atoms with Gasteiger partial charge in [-0.25, -0.2) is 0 Å². The lowest BCUT2D eigenvalue weighted by Gasteiger charge is -2.15. The summed E-state index contributed by atoms with van der Waals surface area (Å²) in [6.07, 6.45) is 1.89. The molecular weight excluding hydrogens is 218 g/mol. The quantitative estimate of drug-likeness (QED) is 0.869. The van der Waals surface area contributed by atoms with Crippen molar-refractivity contribution in [3.8, 4) is 11.5 Å². The third-order valence-corrected chi connectivity index (χ3v) is 3.10. The molecule has 0 saturated carbocycles. The largest absolute Gasteiger partial charge is 0.493 e. The van der Waals surface area contributed by atoms with Crippen molar-refractivity contribution in [2.24, 2.45) is 0 Å². The van der Waals surface area contributed by atoms with Crippen molar-refractivity contribution >= 4 is 5.91 Å². The van der Waals surface area contributed by atoms with Crippen LogP contribution in [0.1, 0.15) is 30.5 Å². The van der Waals surface area contributed by atoms with E-state index in [0.717, 1.165) is 24.2 Å². The van der Waals surface area contributed by atoms with Gasteiger partial charge in [0.15, 0.2) is 11.5 Å². The highest BCUT2D eigenvalue weighted by Crippen LogP contribution is 2.39. The Hall–Kier alpha value is -1.71. The molecule has 0 heterocycles. The molecule has 0 fully saturated rings. The number of methoxy groups -OCH3 is 2. The molecule has 1 aliphatic carbocycles.